The van der Waals surface area contributed by atoms with Crippen molar-refractivity contribution < 1.29 is 13.2 Å². The first-order chi connectivity index (χ1) is 15.9. The smallest absolute Gasteiger partial charge is 0.272 e. The van der Waals surface area contributed by atoms with Gasteiger partial charge in [-0.2, -0.15) is 4.31 Å². The highest BCUT2D eigenvalue weighted by Crippen LogP contribution is 2.26. The Hall–Kier alpha value is -3.11. The molecule has 33 heavy (non-hydrogen) atoms. The topological polar surface area (TPSA) is 92.3 Å². The SMILES string of the molecule is O=C(Nc1nnc(S(=O)(=O)N(Cc2ccccc2)Cc2ccccc2)s1)c1ccc(Cl)cc1. The lowest BCUT2D eigenvalue weighted by atomic mass is 10.2. The molecule has 1 N–H and O–H groups in total. The number of carbonyl (C=O) groups is 1. The van der Waals surface area contributed by atoms with Gasteiger partial charge >= 0.3 is 0 Å². The second kappa shape index (κ2) is 10.2. The Morgan fingerprint density at radius 3 is 1.94 bits per heavy atom. The zero-order valence-electron chi connectivity index (χ0n) is 17.3. The molecular weight excluding hydrogens is 480 g/mol. The number of anilines is 1. The number of hydrogen-bond acceptors (Lipinski definition) is 6. The molecule has 1 heterocycles. The molecule has 0 saturated heterocycles. The normalized spacial score (nSPS) is 11.5. The van der Waals surface area contributed by atoms with E-state index < -0.39 is 15.9 Å². The van der Waals surface area contributed by atoms with Crippen molar-refractivity contribution in [3.8, 4) is 0 Å². The van der Waals surface area contributed by atoms with Gasteiger partial charge in [-0.3, -0.25) is 10.1 Å². The van der Waals surface area contributed by atoms with Crippen molar-refractivity contribution >= 4 is 44.0 Å². The van der Waals surface area contributed by atoms with Crippen molar-refractivity contribution in [2.45, 2.75) is 17.4 Å². The molecule has 0 unspecified atom stereocenters. The third kappa shape index (κ3) is 5.82. The van der Waals surface area contributed by atoms with Gasteiger partial charge in [0.2, 0.25) is 9.47 Å². The summed E-state index contributed by atoms with van der Waals surface area (Å²) < 4.78 is 28.1. The van der Waals surface area contributed by atoms with Gasteiger partial charge in [0.15, 0.2) is 0 Å². The van der Waals surface area contributed by atoms with Crippen LogP contribution in [0.4, 0.5) is 5.13 Å². The lowest BCUT2D eigenvalue weighted by Gasteiger charge is -2.21. The van der Waals surface area contributed by atoms with E-state index in [0.29, 0.717) is 10.6 Å². The lowest BCUT2D eigenvalue weighted by molar-refractivity contribution is 0.102. The molecule has 1 aromatic heterocycles. The summed E-state index contributed by atoms with van der Waals surface area (Å²) in [7, 11) is -3.97. The fourth-order valence-corrected chi connectivity index (χ4v) is 5.62. The van der Waals surface area contributed by atoms with E-state index in [1.165, 1.54) is 4.31 Å². The van der Waals surface area contributed by atoms with Crippen LogP contribution in [0.15, 0.2) is 89.3 Å². The zero-order chi connectivity index (χ0) is 23.3. The van der Waals surface area contributed by atoms with Crippen molar-refractivity contribution in [2.75, 3.05) is 5.32 Å². The van der Waals surface area contributed by atoms with Gasteiger partial charge in [0, 0.05) is 23.7 Å². The molecule has 4 rings (SSSR count). The van der Waals surface area contributed by atoms with Gasteiger partial charge in [0.05, 0.1) is 0 Å². The van der Waals surface area contributed by atoms with Crippen LogP contribution in [-0.4, -0.2) is 28.8 Å². The molecule has 10 heteroatoms. The maximum Gasteiger partial charge on any atom is 0.272 e. The number of rotatable bonds is 8. The molecule has 0 aliphatic rings. The van der Waals surface area contributed by atoms with E-state index in [1.807, 2.05) is 60.7 Å². The standard InChI is InChI=1S/C23H19ClN4O3S2/c24-20-13-11-19(12-14-20)21(29)25-22-26-27-23(32-22)33(30,31)28(15-17-7-3-1-4-8-17)16-18-9-5-2-6-10-18/h1-14H,15-16H2,(H,25,26,29). The van der Waals surface area contributed by atoms with E-state index in [0.717, 1.165) is 22.5 Å². The van der Waals surface area contributed by atoms with Crippen LogP contribution in [0.2, 0.25) is 5.02 Å². The second-order valence-electron chi connectivity index (χ2n) is 7.08. The Labute approximate surface area is 200 Å². The van der Waals surface area contributed by atoms with Crippen LogP contribution in [0.25, 0.3) is 0 Å². The Kier molecular flexibility index (Phi) is 7.14. The molecule has 0 bridgehead atoms. The molecule has 0 saturated carbocycles. The molecule has 4 aromatic rings. The average molecular weight is 499 g/mol. The Morgan fingerprint density at radius 1 is 0.848 bits per heavy atom. The van der Waals surface area contributed by atoms with Crippen molar-refractivity contribution in [3.63, 3.8) is 0 Å². The third-order valence-corrected chi connectivity index (χ3v) is 7.93. The van der Waals surface area contributed by atoms with E-state index in [9.17, 15) is 13.2 Å². The number of benzene rings is 3. The summed E-state index contributed by atoms with van der Waals surface area (Å²) >= 11 is 6.66. The molecule has 0 aliphatic carbocycles. The van der Waals surface area contributed by atoms with Gasteiger partial charge in [-0.25, -0.2) is 8.42 Å². The number of nitrogens with one attached hydrogen (secondary N) is 1. The van der Waals surface area contributed by atoms with E-state index in [2.05, 4.69) is 15.5 Å². The molecule has 3 aromatic carbocycles. The second-order valence-corrected chi connectivity index (χ2v) is 10.6. The minimum Gasteiger partial charge on any atom is -0.296 e. The van der Waals surface area contributed by atoms with E-state index in [-0.39, 0.29) is 22.6 Å². The number of aromatic nitrogens is 2. The van der Waals surface area contributed by atoms with Gasteiger partial charge in [0.1, 0.15) is 0 Å². The Balaban J connectivity index is 1.57. The Morgan fingerprint density at radius 2 is 1.39 bits per heavy atom. The molecular formula is C23H19ClN4O3S2. The van der Waals surface area contributed by atoms with Crippen molar-refractivity contribution in [1.82, 2.24) is 14.5 Å². The number of carbonyl (C=O) groups excluding carboxylic acids is 1. The van der Waals surface area contributed by atoms with Gasteiger partial charge in [-0.05, 0) is 35.4 Å². The fourth-order valence-electron chi connectivity index (χ4n) is 3.05. The van der Waals surface area contributed by atoms with E-state index >= 15 is 0 Å². The zero-order valence-corrected chi connectivity index (χ0v) is 19.6. The summed E-state index contributed by atoms with van der Waals surface area (Å²) in [6.45, 7) is 0.341. The van der Waals surface area contributed by atoms with Gasteiger partial charge in [-0.15, -0.1) is 10.2 Å². The van der Waals surface area contributed by atoms with E-state index in [4.69, 9.17) is 11.6 Å². The van der Waals surface area contributed by atoms with Crippen LogP contribution in [0.1, 0.15) is 21.5 Å². The molecule has 0 fully saturated rings. The van der Waals surface area contributed by atoms with Crippen LogP contribution in [-0.2, 0) is 23.1 Å². The summed E-state index contributed by atoms with van der Waals surface area (Å²) in [5, 5.41) is 10.9. The van der Waals surface area contributed by atoms with Crippen LogP contribution in [0, 0.1) is 0 Å². The van der Waals surface area contributed by atoms with Crippen molar-refractivity contribution in [2.24, 2.45) is 0 Å². The van der Waals surface area contributed by atoms with Crippen LogP contribution < -0.4 is 5.32 Å². The summed E-state index contributed by atoms with van der Waals surface area (Å²) in [5.74, 6) is -0.433. The summed E-state index contributed by atoms with van der Waals surface area (Å²) in [4.78, 5) is 12.4. The number of nitrogens with zero attached hydrogens (tertiary/aromatic N) is 3. The van der Waals surface area contributed by atoms with E-state index in [1.54, 1.807) is 24.3 Å². The van der Waals surface area contributed by atoms with Gasteiger partial charge in [0.25, 0.3) is 15.9 Å². The van der Waals surface area contributed by atoms with Gasteiger partial charge < -0.3 is 0 Å². The average Bonchev–Trinajstić information content (AvgIpc) is 3.30. The van der Waals surface area contributed by atoms with Crippen LogP contribution in [0.3, 0.4) is 0 Å². The molecule has 0 aliphatic heterocycles. The quantitative estimate of drug-likeness (QED) is 0.351. The molecule has 1 amide bonds. The molecule has 0 spiro atoms. The monoisotopic (exact) mass is 498 g/mol. The summed E-state index contributed by atoms with van der Waals surface area (Å²) in [6, 6.07) is 25.0. The highest BCUT2D eigenvalue weighted by atomic mass is 35.5. The van der Waals surface area contributed by atoms with Crippen molar-refractivity contribution in [1.29, 1.82) is 0 Å². The van der Waals surface area contributed by atoms with Crippen molar-refractivity contribution in [3.05, 3.63) is 107 Å². The van der Waals surface area contributed by atoms with Crippen LogP contribution in [0.5, 0.6) is 0 Å². The molecule has 168 valence electrons. The molecule has 0 radical (unpaired) electrons. The maximum atomic E-state index is 13.5. The molecule has 0 atom stereocenters. The first kappa shape index (κ1) is 23.1. The predicted octanol–water partition coefficient (Wildman–Crippen LogP) is 4.83. The van der Waals surface area contributed by atoms with Gasteiger partial charge in [-0.1, -0.05) is 83.6 Å². The first-order valence-corrected chi connectivity index (χ1v) is 12.5. The minimum absolute atomic E-state index is 0.0906. The maximum absolute atomic E-state index is 13.5. The summed E-state index contributed by atoms with van der Waals surface area (Å²) in [5.41, 5.74) is 2.06. The Bertz CT molecular complexity index is 1290. The summed E-state index contributed by atoms with van der Waals surface area (Å²) in [6.07, 6.45) is 0. The number of halogens is 1. The minimum atomic E-state index is -3.97. The third-order valence-electron chi connectivity index (χ3n) is 4.70. The van der Waals surface area contributed by atoms with Crippen LogP contribution >= 0.6 is 22.9 Å². The lowest BCUT2D eigenvalue weighted by Crippen LogP contribution is -2.30. The highest BCUT2D eigenvalue weighted by molar-refractivity contribution is 7.91. The molecule has 7 nitrogen and oxygen atoms in total. The largest absolute Gasteiger partial charge is 0.296 e. The number of sulfonamides is 1. The fraction of sp³-hybridized carbons (Fsp3) is 0.0870. The highest BCUT2D eigenvalue weighted by Gasteiger charge is 2.29. The number of hydrogen-bond donors (Lipinski definition) is 1. The first-order valence-electron chi connectivity index (χ1n) is 9.90. The number of amides is 1. The predicted molar refractivity (Wildman–Crippen MR) is 129 cm³/mol.